The van der Waals surface area contributed by atoms with E-state index in [0.29, 0.717) is 17.5 Å². The molecule has 2 unspecified atom stereocenters. The molecule has 4 heterocycles. The number of fused-ring (bicyclic) bond motifs is 2. The summed E-state index contributed by atoms with van der Waals surface area (Å²) in [5.74, 6) is 2.57. The van der Waals surface area contributed by atoms with E-state index in [0.717, 1.165) is 71.7 Å². The molecule has 0 aliphatic carbocycles. The van der Waals surface area contributed by atoms with Crippen molar-refractivity contribution in [2.24, 2.45) is 5.92 Å². The van der Waals surface area contributed by atoms with Crippen molar-refractivity contribution in [1.82, 2.24) is 14.7 Å². The van der Waals surface area contributed by atoms with Gasteiger partial charge in [-0.2, -0.15) is 5.10 Å². The third-order valence-corrected chi connectivity index (χ3v) is 10.0. The quantitative estimate of drug-likeness (QED) is 0.160. The van der Waals surface area contributed by atoms with Gasteiger partial charge in [0.05, 0.1) is 17.1 Å². The minimum absolute atomic E-state index is 0.0373. The number of furan rings is 1. The van der Waals surface area contributed by atoms with Gasteiger partial charge in [0.2, 0.25) is 0 Å². The van der Waals surface area contributed by atoms with E-state index in [1.807, 2.05) is 92.7 Å². The Kier molecular flexibility index (Phi) is 8.99. The Labute approximate surface area is 294 Å². The molecule has 2 bridgehead atoms. The van der Waals surface area contributed by atoms with Gasteiger partial charge in [-0.05, 0) is 81.7 Å². The summed E-state index contributed by atoms with van der Waals surface area (Å²) in [6, 6.07) is 30.1. The van der Waals surface area contributed by atoms with Crippen molar-refractivity contribution in [2.45, 2.75) is 84.2 Å². The Morgan fingerprint density at radius 1 is 0.840 bits per heavy atom. The number of nitrogens with one attached hydrogen (secondary N) is 3. The highest BCUT2D eigenvalue weighted by Crippen LogP contribution is 2.41. The van der Waals surface area contributed by atoms with Crippen molar-refractivity contribution in [3.8, 4) is 17.0 Å². The third kappa shape index (κ3) is 7.18. The smallest absolute Gasteiger partial charge is 0.324 e. The maximum absolute atomic E-state index is 13.5. The Balaban J connectivity index is 0.944. The van der Waals surface area contributed by atoms with Crippen LogP contribution in [0.4, 0.5) is 26.8 Å². The lowest BCUT2D eigenvalue weighted by atomic mass is 9.86. The lowest BCUT2D eigenvalue weighted by Crippen LogP contribution is -2.48. The van der Waals surface area contributed by atoms with Gasteiger partial charge in [0.15, 0.2) is 0 Å². The number of nitrogens with zero attached hydrogens (tertiary/aromatic N) is 3. The lowest BCUT2D eigenvalue weighted by molar-refractivity contribution is 0.131. The average molecular weight is 671 g/mol. The van der Waals surface area contributed by atoms with Gasteiger partial charge in [-0.25, -0.2) is 14.3 Å². The molecule has 2 fully saturated rings. The molecule has 2 aromatic heterocycles. The van der Waals surface area contributed by atoms with E-state index in [1.165, 1.54) is 5.56 Å². The number of carbonyl (C=O) groups is 2. The van der Waals surface area contributed by atoms with E-state index in [-0.39, 0.29) is 29.6 Å². The molecule has 3 aromatic carbocycles. The molecule has 0 spiro atoms. The Morgan fingerprint density at radius 2 is 1.52 bits per heavy atom. The van der Waals surface area contributed by atoms with Gasteiger partial charge in [0.25, 0.3) is 0 Å². The fraction of sp³-hybridized carbons (Fsp3) is 0.341. The summed E-state index contributed by atoms with van der Waals surface area (Å²) in [4.78, 5) is 28.7. The Bertz CT molecular complexity index is 1960. The van der Waals surface area contributed by atoms with Crippen LogP contribution in [0.2, 0.25) is 0 Å². The number of hydrogen-bond donors (Lipinski definition) is 3. The first-order valence-electron chi connectivity index (χ1n) is 17.6. The lowest BCUT2D eigenvalue weighted by Gasteiger charge is -2.39. The topological polar surface area (TPSA) is 104 Å². The Morgan fingerprint density at radius 3 is 2.18 bits per heavy atom. The summed E-state index contributed by atoms with van der Waals surface area (Å²) >= 11 is 0. The summed E-state index contributed by atoms with van der Waals surface area (Å²) in [6.07, 6.45) is 4.98. The zero-order valence-electron chi connectivity index (χ0n) is 29.5. The van der Waals surface area contributed by atoms with Crippen molar-refractivity contribution in [2.75, 3.05) is 16.0 Å². The van der Waals surface area contributed by atoms with Crippen LogP contribution in [-0.4, -0.2) is 38.8 Å². The van der Waals surface area contributed by atoms with E-state index in [9.17, 15) is 9.59 Å². The van der Waals surface area contributed by atoms with Crippen LogP contribution in [0.15, 0.2) is 95.4 Å². The van der Waals surface area contributed by atoms with Gasteiger partial charge >= 0.3 is 12.1 Å². The van der Waals surface area contributed by atoms with Crippen LogP contribution >= 0.6 is 0 Å². The van der Waals surface area contributed by atoms with Crippen molar-refractivity contribution in [3.63, 3.8) is 0 Å². The van der Waals surface area contributed by atoms with Crippen molar-refractivity contribution in [3.05, 3.63) is 114 Å². The molecule has 3 N–H and O–H groups in total. The number of anilines is 3. The fourth-order valence-electron chi connectivity index (χ4n) is 7.37. The van der Waals surface area contributed by atoms with Gasteiger partial charge in [0.1, 0.15) is 17.3 Å². The summed E-state index contributed by atoms with van der Waals surface area (Å²) in [5.41, 5.74) is 6.43. The standard InChI is InChI=1S/C41H46N6O3/c1-26-11-17-32(18-12-26)47-38(25-37(45-47)41(3,4)5)44-39(48)42-31-15-13-28(14-16-31)21-29-22-33-19-20-34(23-29)46(33)40(49)43-35-24-36(50-27(35)2)30-9-7-6-8-10-30/h6-18,24-25,29,33-34H,19-23H2,1-5H3,(H,43,49)(H2,42,44,48). The van der Waals surface area contributed by atoms with Gasteiger partial charge < -0.3 is 20.0 Å². The van der Waals surface area contributed by atoms with Crippen molar-refractivity contribution in [1.29, 1.82) is 0 Å². The van der Waals surface area contributed by atoms with Crippen LogP contribution in [0.25, 0.3) is 17.0 Å². The highest BCUT2D eigenvalue weighted by atomic mass is 16.3. The number of aromatic nitrogens is 2. The molecule has 258 valence electrons. The molecule has 0 saturated carbocycles. The predicted octanol–water partition coefficient (Wildman–Crippen LogP) is 9.71. The summed E-state index contributed by atoms with van der Waals surface area (Å²) in [5, 5.41) is 14.0. The third-order valence-electron chi connectivity index (χ3n) is 10.0. The molecule has 0 radical (unpaired) electrons. The van der Waals surface area contributed by atoms with Crippen LogP contribution in [0, 0.1) is 19.8 Å². The normalized spacial score (nSPS) is 18.6. The minimum Gasteiger partial charge on any atom is -0.459 e. The van der Waals surface area contributed by atoms with Gasteiger partial charge in [0, 0.05) is 40.9 Å². The van der Waals surface area contributed by atoms with E-state index < -0.39 is 0 Å². The zero-order valence-corrected chi connectivity index (χ0v) is 29.5. The second kappa shape index (κ2) is 13.5. The van der Waals surface area contributed by atoms with Crippen LogP contribution < -0.4 is 16.0 Å². The molecular weight excluding hydrogens is 624 g/mol. The molecule has 2 atom stereocenters. The highest BCUT2D eigenvalue weighted by Gasteiger charge is 2.43. The second-order valence-corrected chi connectivity index (χ2v) is 14.9. The summed E-state index contributed by atoms with van der Waals surface area (Å²) in [6.45, 7) is 10.3. The zero-order chi connectivity index (χ0) is 35.0. The summed E-state index contributed by atoms with van der Waals surface area (Å²) < 4.78 is 7.75. The number of urea groups is 2. The maximum atomic E-state index is 13.5. The number of piperidine rings is 1. The number of hydrogen-bond acceptors (Lipinski definition) is 4. The van der Waals surface area contributed by atoms with Gasteiger partial charge in [-0.15, -0.1) is 0 Å². The minimum atomic E-state index is -0.324. The van der Waals surface area contributed by atoms with E-state index in [1.54, 1.807) is 4.68 Å². The molecule has 7 rings (SSSR count). The number of carbonyl (C=O) groups excluding carboxylic acids is 2. The number of rotatable bonds is 7. The SMILES string of the molecule is Cc1ccc(-n2nc(C(C)(C)C)cc2NC(=O)Nc2ccc(CC3CC4CCC(C3)N4C(=O)Nc3cc(-c4ccccc4)oc3C)cc2)cc1. The van der Waals surface area contributed by atoms with E-state index in [2.05, 4.69) is 53.8 Å². The van der Waals surface area contributed by atoms with E-state index in [4.69, 9.17) is 9.52 Å². The summed E-state index contributed by atoms with van der Waals surface area (Å²) in [7, 11) is 0. The molecule has 2 aliphatic rings. The average Bonchev–Trinajstić information content (AvgIpc) is 3.76. The number of aryl methyl sites for hydroxylation is 2. The molecule has 9 nitrogen and oxygen atoms in total. The van der Waals surface area contributed by atoms with Gasteiger partial charge in [-0.1, -0.05) is 80.9 Å². The van der Waals surface area contributed by atoms with Crippen molar-refractivity contribution >= 4 is 29.3 Å². The number of amides is 4. The maximum Gasteiger partial charge on any atom is 0.324 e. The number of benzene rings is 3. The largest absolute Gasteiger partial charge is 0.459 e. The van der Waals surface area contributed by atoms with Gasteiger partial charge in [-0.3, -0.25) is 5.32 Å². The molecule has 9 heteroatoms. The Hall–Kier alpha value is -5.31. The van der Waals surface area contributed by atoms with E-state index >= 15 is 0 Å². The first kappa shape index (κ1) is 33.2. The molecule has 50 heavy (non-hydrogen) atoms. The van der Waals surface area contributed by atoms with Crippen LogP contribution in [-0.2, 0) is 11.8 Å². The second-order valence-electron chi connectivity index (χ2n) is 14.9. The molecule has 5 aromatic rings. The van der Waals surface area contributed by atoms with Crippen molar-refractivity contribution < 1.29 is 14.0 Å². The van der Waals surface area contributed by atoms with Crippen LogP contribution in [0.5, 0.6) is 0 Å². The highest BCUT2D eigenvalue weighted by molar-refractivity contribution is 5.99. The van der Waals surface area contributed by atoms with Crippen LogP contribution in [0.1, 0.15) is 69.0 Å². The predicted molar refractivity (Wildman–Crippen MR) is 199 cm³/mol. The molecular formula is C41H46N6O3. The van der Waals surface area contributed by atoms with Crippen LogP contribution in [0.3, 0.4) is 0 Å². The fourth-order valence-corrected chi connectivity index (χ4v) is 7.37. The molecule has 4 amide bonds. The first-order valence-corrected chi connectivity index (χ1v) is 17.6. The molecule has 2 saturated heterocycles. The first-order chi connectivity index (χ1) is 24.0. The molecule has 2 aliphatic heterocycles. The monoisotopic (exact) mass is 670 g/mol.